The third kappa shape index (κ3) is 2.95. The molecular weight excluding hydrogens is 232 g/mol. The predicted molar refractivity (Wildman–Crippen MR) is 79.1 cm³/mol. The molecular formula is C17H18N2. The lowest BCUT2D eigenvalue weighted by Gasteiger charge is -2.14. The van der Waals surface area contributed by atoms with E-state index in [-0.39, 0.29) is 0 Å². The van der Waals surface area contributed by atoms with E-state index in [2.05, 4.69) is 44.3 Å². The van der Waals surface area contributed by atoms with E-state index < -0.39 is 0 Å². The van der Waals surface area contributed by atoms with Crippen molar-refractivity contribution in [3.8, 4) is 6.07 Å². The van der Waals surface area contributed by atoms with Crippen LogP contribution in [0.4, 0.5) is 5.69 Å². The van der Waals surface area contributed by atoms with Crippen LogP contribution in [0.5, 0.6) is 0 Å². The van der Waals surface area contributed by atoms with Crippen LogP contribution in [0.2, 0.25) is 0 Å². The second-order valence-electron chi connectivity index (χ2n) is 4.89. The standard InChI is InChI=1S/C17H18N2/c1-12-8-13(2)16(14(3)9-12)11-19-17-7-5-4-6-15(17)10-18/h4-9,19H,11H2,1-3H3. The van der Waals surface area contributed by atoms with Crippen LogP contribution in [0.3, 0.4) is 0 Å². The van der Waals surface area contributed by atoms with Crippen LogP contribution in [0.1, 0.15) is 27.8 Å². The highest BCUT2D eigenvalue weighted by Gasteiger charge is 2.05. The fourth-order valence-corrected chi connectivity index (χ4v) is 2.41. The summed E-state index contributed by atoms with van der Waals surface area (Å²) in [5, 5.41) is 12.4. The zero-order valence-corrected chi connectivity index (χ0v) is 11.6. The molecule has 0 spiro atoms. The molecule has 2 rings (SSSR count). The van der Waals surface area contributed by atoms with Crippen molar-refractivity contribution in [2.45, 2.75) is 27.3 Å². The number of hydrogen-bond acceptors (Lipinski definition) is 2. The SMILES string of the molecule is Cc1cc(C)c(CNc2ccccc2C#N)c(C)c1. The molecule has 0 aromatic heterocycles. The second kappa shape index (κ2) is 5.58. The Bertz CT molecular complexity index is 613. The Hall–Kier alpha value is -2.27. The van der Waals surface area contributed by atoms with Gasteiger partial charge in [-0.25, -0.2) is 0 Å². The molecule has 96 valence electrons. The number of hydrogen-bond donors (Lipinski definition) is 1. The lowest BCUT2D eigenvalue weighted by molar-refractivity contribution is 1.08. The van der Waals surface area contributed by atoms with E-state index in [9.17, 15) is 0 Å². The summed E-state index contributed by atoms with van der Waals surface area (Å²) in [5.74, 6) is 0. The van der Waals surface area contributed by atoms with Crippen molar-refractivity contribution < 1.29 is 0 Å². The molecule has 19 heavy (non-hydrogen) atoms. The highest BCUT2D eigenvalue weighted by Crippen LogP contribution is 2.19. The van der Waals surface area contributed by atoms with Crippen molar-refractivity contribution in [3.05, 3.63) is 64.2 Å². The average molecular weight is 250 g/mol. The summed E-state index contributed by atoms with van der Waals surface area (Å²) in [6.07, 6.45) is 0. The minimum absolute atomic E-state index is 0.685. The van der Waals surface area contributed by atoms with Crippen molar-refractivity contribution >= 4 is 5.69 Å². The summed E-state index contributed by atoms with van der Waals surface area (Å²) in [6.45, 7) is 7.12. The Morgan fingerprint density at radius 2 is 1.68 bits per heavy atom. The molecule has 0 aliphatic rings. The maximum absolute atomic E-state index is 9.07. The van der Waals surface area contributed by atoms with Crippen LogP contribution in [0.25, 0.3) is 0 Å². The third-order valence-corrected chi connectivity index (χ3v) is 3.34. The lowest BCUT2D eigenvalue weighted by Crippen LogP contribution is -2.05. The second-order valence-corrected chi connectivity index (χ2v) is 4.89. The molecule has 0 radical (unpaired) electrons. The summed E-state index contributed by atoms with van der Waals surface area (Å²) in [7, 11) is 0. The normalized spacial score (nSPS) is 10.0. The highest BCUT2D eigenvalue weighted by molar-refractivity contribution is 5.57. The smallest absolute Gasteiger partial charge is 0.101 e. The van der Waals surface area contributed by atoms with E-state index in [0.29, 0.717) is 5.56 Å². The van der Waals surface area contributed by atoms with Gasteiger partial charge in [0.05, 0.1) is 11.3 Å². The number of nitrogens with one attached hydrogen (secondary N) is 1. The van der Waals surface area contributed by atoms with Gasteiger partial charge in [0.1, 0.15) is 6.07 Å². The number of aryl methyl sites for hydroxylation is 3. The Morgan fingerprint density at radius 3 is 2.32 bits per heavy atom. The van der Waals surface area contributed by atoms with Crippen molar-refractivity contribution in [3.63, 3.8) is 0 Å². The molecule has 2 aromatic rings. The summed E-state index contributed by atoms with van der Waals surface area (Å²) >= 11 is 0. The molecule has 0 bridgehead atoms. The van der Waals surface area contributed by atoms with Crippen LogP contribution in [-0.2, 0) is 6.54 Å². The van der Waals surface area contributed by atoms with Crippen molar-refractivity contribution in [2.24, 2.45) is 0 Å². The molecule has 0 heterocycles. The predicted octanol–water partition coefficient (Wildman–Crippen LogP) is 4.10. The van der Waals surface area contributed by atoms with Crippen LogP contribution in [0.15, 0.2) is 36.4 Å². The fourth-order valence-electron chi connectivity index (χ4n) is 2.41. The number of nitriles is 1. The molecule has 0 saturated carbocycles. The summed E-state index contributed by atoms with van der Waals surface area (Å²) in [6, 6.07) is 14.2. The van der Waals surface area contributed by atoms with Gasteiger partial charge in [-0.05, 0) is 49.6 Å². The molecule has 0 unspecified atom stereocenters. The van der Waals surface area contributed by atoms with Crippen LogP contribution < -0.4 is 5.32 Å². The van der Waals surface area contributed by atoms with Gasteiger partial charge in [-0.1, -0.05) is 29.8 Å². The summed E-state index contributed by atoms with van der Waals surface area (Å²) in [5.41, 5.74) is 6.75. The van der Waals surface area contributed by atoms with Crippen LogP contribution >= 0.6 is 0 Å². The Kier molecular flexibility index (Phi) is 3.87. The van der Waals surface area contributed by atoms with Crippen molar-refractivity contribution in [2.75, 3.05) is 5.32 Å². The molecule has 0 atom stereocenters. The van der Waals surface area contributed by atoms with Crippen molar-refractivity contribution in [1.29, 1.82) is 5.26 Å². The van der Waals surface area contributed by atoms with Gasteiger partial charge in [-0.3, -0.25) is 0 Å². The molecule has 2 heteroatoms. The summed E-state index contributed by atoms with van der Waals surface area (Å²) in [4.78, 5) is 0. The zero-order valence-electron chi connectivity index (χ0n) is 11.6. The quantitative estimate of drug-likeness (QED) is 0.890. The molecule has 0 saturated heterocycles. The lowest BCUT2D eigenvalue weighted by atomic mass is 9.99. The highest BCUT2D eigenvalue weighted by atomic mass is 14.9. The Balaban J connectivity index is 2.22. The molecule has 0 aliphatic carbocycles. The monoisotopic (exact) mass is 250 g/mol. The van der Waals surface area contributed by atoms with E-state index in [1.165, 1.54) is 22.3 Å². The van der Waals surface area contributed by atoms with Gasteiger partial charge in [0.25, 0.3) is 0 Å². The molecule has 0 amide bonds. The van der Waals surface area contributed by atoms with E-state index in [4.69, 9.17) is 5.26 Å². The first-order valence-electron chi connectivity index (χ1n) is 6.41. The van der Waals surface area contributed by atoms with E-state index in [1.807, 2.05) is 24.3 Å². The van der Waals surface area contributed by atoms with Gasteiger partial charge < -0.3 is 5.32 Å². The molecule has 0 fully saturated rings. The maximum Gasteiger partial charge on any atom is 0.101 e. The van der Waals surface area contributed by atoms with E-state index >= 15 is 0 Å². The Labute approximate surface area is 114 Å². The summed E-state index contributed by atoms with van der Waals surface area (Å²) < 4.78 is 0. The number of anilines is 1. The van der Waals surface area contributed by atoms with E-state index in [0.717, 1.165) is 12.2 Å². The third-order valence-electron chi connectivity index (χ3n) is 3.34. The van der Waals surface area contributed by atoms with Crippen molar-refractivity contribution in [1.82, 2.24) is 0 Å². The minimum Gasteiger partial charge on any atom is -0.380 e. The first-order chi connectivity index (χ1) is 9.11. The Morgan fingerprint density at radius 1 is 1.05 bits per heavy atom. The first kappa shape index (κ1) is 13.2. The van der Waals surface area contributed by atoms with Gasteiger partial charge in [-0.2, -0.15) is 5.26 Å². The van der Waals surface area contributed by atoms with Gasteiger partial charge in [0.15, 0.2) is 0 Å². The minimum atomic E-state index is 0.685. The molecule has 0 aliphatic heterocycles. The average Bonchev–Trinajstić information content (AvgIpc) is 2.38. The maximum atomic E-state index is 9.07. The van der Waals surface area contributed by atoms with Crippen LogP contribution in [-0.4, -0.2) is 0 Å². The van der Waals surface area contributed by atoms with Gasteiger partial charge in [-0.15, -0.1) is 0 Å². The van der Waals surface area contributed by atoms with Gasteiger partial charge in [0, 0.05) is 6.54 Å². The van der Waals surface area contributed by atoms with Gasteiger partial charge >= 0.3 is 0 Å². The zero-order chi connectivity index (χ0) is 13.8. The van der Waals surface area contributed by atoms with Crippen LogP contribution in [0, 0.1) is 32.1 Å². The number of para-hydroxylation sites is 1. The molecule has 1 N–H and O–H groups in total. The van der Waals surface area contributed by atoms with Gasteiger partial charge in [0.2, 0.25) is 0 Å². The van der Waals surface area contributed by atoms with E-state index in [1.54, 1.807) is 0 Å². The largest absolute Gasteiger partial charge is 0.380 e. The fraction of sp³-hybridized carbons (Fsp3) is 0.235. The molecule has 2 nitrogen and oxygen atoms in total. The molecule has 2 aromatic carbocycles. The number of rotatable bonds is 3. The number of benzene rings is 2. The number of nitrogens with zero attached hydrogens (tertiary/aromatic N) is 1. The first-order valence-corrected chi connectivity index (χ1v) is 6.41. The topological polar surface area (TPSA) is 35.8 Å².